The van der Waals surface area contributed by atoms with Crippen molar-refractivity contribution < 1.29 is 14.3 Å². The van der Waals surface area contributed by atoms with E-state index in [1.165, 1.54) is 12.7 Å². The quantitative estimate of drug-likeness (QED) is 0.341. The number of aromatic nitrogens is 3. The highest BCUT2D eigenvalue weighted by Gasteiger charge is 2.33. The van der Waals surface area contributed by atoms with Crippen LogP contribution in [0.2, 0.25) is 0 Å². The van der Waals surface area contributed by atoms with E-state index in [2.05, 4.69) is 27.0 Å². The molecule has 2 heterocycles. The lowest BCUT2D eigenvalue weighted by molar-refractivity contribution is -0.143. The average Bonchev–Trinajstić information content (AvgIpc) is 3.26. The molecule has 1 unspecified atom stereocenters. The molecule has 0 radical (unpaired) electrons. The third kappa shape index (κ3) is 4.28. The Morgan fingerprint density at radius 3 is 2.33 bits per heavy atom. The summed E-state index contributed by atoms with van der Waals surface area (Å²) in [5.74, 6) is -0.499. The van der Waals surface area contributed by atoms with Gasteiger partial charge >= 0.3 is 5.97 Å². The molecule has 0 aliphatic heterocycles. The van der Waals surface area contributed by atoms with Crippen molar-refractivity contribution in [1.29, 1.82) is 0 Å². The second kappa shape index (κ2) is 9.77. The second-order valence-corrected chi connectivity index (χ2v) is 9.09. The van der Waals surface area contributed by atoms with Gasteiger partial charge in [-0.3, -0.25) is 19.5 Å². The molecule has 182 valence electrons. The molecule has 7 nitrogen and oxygen atoms in total. The molecule has 6 rings (SSSR count). The van der Waals surface area contributed by atoms with E-state index in [0.717, 1.165) is 47.2 Å². The minimum absolute atomic E-state index is 0.0101. The Kier molecular flexibility index (Phi) is 6.38. The Labute approximate surface area is 208 Å². The molecule has 2 aromatic heterocycles. The maximum Gasteiger partial charge on any atom is 0.316 e. The lowest BCUT2D eigenvalue weighted by Gasteiger charge is -2.20. The third-order valence-corrected chi connectivity index (χ3v) is 6.83. The Hall–Kier alpha value is -4.26. The predicted octanol–water partition coefficient (Wildman–Crippen LogP) is 4.24. The van der Waals surface area contributed by atoms with Crippen LogP contribution in [0.25, 0.3) is 17.1 Å². The molecule has 1 N–H and O–H groups in total. The van der Waals surface area contributed by atoms with Gasteiger partial charge in [-0.25, -0.2) is 9.67 Å². The first-order valence-corrected chi connectivity index (χ1v) is 12.0. The van der Waals surface area contributed by atoms with Crippen molar-refractivity contribution in [2.75, 3.05) is 7.11 Å². The summed E-state index contributed by atoms with van der Waals surface area (Å²) in [7, 11) is 1.32. The summed E-state index contributed by atoms with van der Waals surface area (Å²) in [6.07, 6.45) is 4.79. The number of methoxy groups -OCH3 is 1. The molecule has 0 bridgehead atoms. The Morgan fingerprint density at radius 2 is 1.64 bits per heavy atom. The number of carbonyl (C=O) groups excluding carboxylic acids is 2. The summed E-state index contributed by atoms with van der Waals surface area (Å²) in [6.45, 7) is 1.98. The molecule has 0 fully saturated rings. The average molecular weight is 482 g/mol. The van der Waals surface area contributed by atoms with Crippen LogP contribution in [-0.2, 0) is 28.8 Å². The SMILES string of the molecule is COC(=O)C1CCc2ccccc2C1=O.Cc1ccc(-n2[nH]c3c(c2=O)CCc2ccccc2-3)nc1. The summed E-state index contributed by atoms with van der Waals surface area (Å²) in [5.41, 5.74) is 6.99. The van der Waals surface area contributed by atoms with Crippen molar-refractivity contribution in [3.05, 3.63) is 105 Å². The number of hydrogen-bond donors (Lipinski definition) is 1. The topological polar surface area (TPSA) is 94.0 Å². The summed E-state index contributed by atoms with van der Waals surface area (Å²) in [6, 6.07) is 19.5. The minimum Gasteiger partial charge on any atom is -0.468 e. The number of ketones is 1. The van der Waals surface area contributed by atoms with Crippen LogP contribution in [0.1, 0.15) is 39.0 Å². The van der Waals surface area contributed by atoms with Gasteiger partial charge in [-0.2, -0.15) is 0 Å². The number of nitrogens with one attached hydrogen (secondary N) is 1. The van der Waals surface area contributed by atoms with E-state index in [9.17, 15) is 14.4 Å². The van der Waals surface area contributed by atoms with Gasteiger partial charge < -0.3 is 4.74 Å². The molecule has 4 aromatic rings. The summed E-state index contributed by atoms with van der Waals surface area (Å²) in [4.78, 5) is 40.2. The fraction of sp³-hybridized carbons (Fsp3) is 0.241. The molecule has 36 heavy (non-hydrogen) atoms. The van der Waals surface area contributed by atoms with Crippen molar-refractivity contribution in [3.63, 3.8) is 0 Å². The zero-order valence-electron chi connectivity index (χ0n) is 20.3. The van der Waals surface area contributed by atoms with Crippen LogP contribution < -0.4 is 5.56 Å². The fourth-order valence-electron chi connectivity index (χ4n) is 4.89. The van der Waals surface area contributed by atoms with Crippen LogP contribution in [0, 0.1) is 12.8 Å². The summed E-state index contributed by atoms with van der Waals surface area (Å²) in [5, 5.41) is 3.24. The lowest BCUT2D eigenvalue weighted by atomic mass is 9.83. The number of esters is 1. The highest BCUT2D eigenvalue weighted by atomic mass is 16.5. The van der Waals surface area contributed by atoms with E-state index in [-0.39, 0.29) is 11.3 Å². The van der Waals surface area contributed by atoms with Crippen LogP contribution in [0.15, 0.2) is 71.7 Å². The first-order valence-electron chi connectivity index (χ1n) is 12.0. The minimum atomic E-state index is -0.607. The molecule has 0 spiro atoms. The van der Waals surface area contributed by atoms with E-state index < -0.39 is 11.9 Å². The molecule has 1 atom stereocenters. The van der Waals surface area contributed by atoms with E-state index >= 15 is 0 Å². The molecular weight excluding hydrogens is 454 g/mol. The largest absolute Gasteiger partial charge is 0.468 e. The van der Waals surface area contributed by atoms with Gasteiger partial charge in [0.15, 0.2) is 11.6 Å². The number of aromatic amines is 1. The number of aryl methyl sites for hydroxylation is 3. The number of rotatable bonds is 2. The number of hydrogen-bond acceptors (Lipinski definition) is 5. The van der Waals surface area contributed by atoms with Gasteiger partial charge in [0, 0.05) is 22.9 Å². The van der Waals surface area contributed by atoms with Crippen molar-refractivity contribution in [2.45, 2.75) is 32.6 Å². The number of pyridine rings is 1. The van der Waals surface area contributed by atoms with Crippen LogP contribution in [0.3, 0.4) is 0 Å². The van der Waals surface area contributed by atoms with Gasteiger partial charge in [0.1, 0.15) is 5.92 Å². The molecule has 2 aliphatic rings. The zero-order chi connectivity index (χ0) is 25.2. The monoisotopic (exact) mass is 481 g/mol. The normalized spacial score (nSPS) is 15.6. The van der Waals surface area contributed by atoms with Crippen LogP contribution in [0.4, 0.5) is 0 Å². The Balaban J connectivity index is 0.000000157. The maximum atomic E-state index is 12.6. The van der Waals surface area contributed by atoms with Crippen LogP contribution >= 0.6 is 0 Å². The molecule has 2 aromatic carbocycles. The second-order valence-electron chi connectivity index (χ2n) is 9.09. The number of carbonyl (C=O) groups is 2. The molecule has 2 aliphatic carbocycles. The number of Topliss-reactive ketones (excluding diaryl/α,β-unsaturated/α-hetero) is 1. The molecule has 0 saturated carbocycles. The Bertz CT molecular complexity index is 1500. The standard InChI is InChI=1S/C17H15N3O.C12H12O3/c1-11-6-9-15(18-10-11)20-17(21)14-8-7-12-4-2-3-5-13(12)16(14)19-20;1-15-12(14)10-7-6-8-4-2-3-5-9(8)11(10)13/h2-6,9-10,19H,7-8H2,1H3;2-5,10H,6-7H2,1H3. The molecule has 0 amide bonds. The molecule has 0 saturated heterocycles. The first-order chi connectivity index (χ1) is 17.5. The van der Waals surface area contributed by atoms with Crippen molar-refractivity contribution >= 4 is 11.8 Å². The van der Waals surface area contributed by atoms with E-state index in [0.29, 0.717) is 17.8 Å². The first kappa shape index (κ1) is 23.5. The highest BCUT2D eigenvalue weighted by molar-refractivity contribution is 6.10. The van der Waals surface area contributed by atoms with Gasteiger partial charge in [0.2, 0.25) is 0 Å². The van der Waals surface area contributed by atoms with Crippen LogP contribution in [-0.4, -0.2) is 33.6 Å². The van der Waals surface area contributed by atoms with Crippen molar-refractivity contribution in [1.82, 2.24) is 14.8 Å². The van der Waals surface area contributed by atoms with Gasteiger partial charge in [0.05, 0.1) is 12.8 Å². The smallest absolute Gasteiger partial charge is 0.316 e. The number of nitrogens with zero attached hydrogens (tertiary/aromatic N) is 2. The predicted molar refractivity (Wildman–Crippen MR) is 136 cm³/mol. The van der Waals surface area contributed by atoms with E-state index in [4.69, 9.17) is 0 Å². The third-order valence-electron chi connectivity index (χ3n) is 6.83. The highest BCUT2D eigenvalue weighted by Crippen LogP contribution is 2.30. The van der Waals surface area contributed by atoms with E-state index in [1.54, 1.807) is 16.9 Å². The number of fused-ring (bicyclic) bond motifs is 4. The zero-order valence-corrected chi connectivity index (χ0v) is 20.3. The van der Waals surface area contributed by atoms with Crippen LogP contribution in [0.5, 0.6) is 0 Å². The van der Waals surface area contributed by atoms with Gasteiger partial charge in [-0.1, -0.05) is 54.6 Å². The summed E-state index contributed by atoms with van der Waals surface area (Å²) >= 11 is 0. The van der Waals surface area contributed by atoms with Gasteiger partial charge in [-0.15, -0.1) is 0 Å². The van der Waals surface area contributed by atoms with Gasteiger partial charge in [0.25, 0.3) is 5.56 Å². The summed E-state index contributed by atoms with van der Waals surface area (Å²) < 4.78 is 6.16. The molecule has 7 heteroatoms. The fourth-order valence-corrected chi connectivity index (χ4v) is 4.89. The molecular formula is C29H27N3O4. The maximum absolute atomic E-state index is 12.6. The van der Waals surface area contributed by atoms with Crippen molar-refractivity contribution in [3.8, 4) is 17.1 Å². The lowest BCUT2D eigenvalue weighted by Crippen LogP contribution is -2.30. The van der Waals surface area contributed by atoms with Gasteiger partial charge in [-0.05, 0) is 55.4 Å². The number of H-pyrrole nitrogens is 1. The van der Waals surface area contributed by atoms with E-state index in [1.807, 2.05) is 49.4 Å². The number of ether oxygens (including phenoxy) is 1. The number of benzene rings is 2. The Morgan fingerprint density at radius 1 is 0.944 bits per heavy atom. The van der Waals surface area contributed by atoms with Crippen molar-refractivity contribution in [2.24, 2.45) is 5.92 Å².